The van der Waals surface area contributed by atoms with Crippen molar-refractivity contribution in [2.75, 3.05) is 12.0 Å². The average Bonchev–Trinajstić information content (AvgIpc) is 3.08. The van der Waals surface area contributed by atoms with Gasteiger partial charge in [0.15, 0.2) is 17.3 Å². The van der Waals surface area contributed by atoms with E-state index in [0.29, 0.717) is 30.3 Å². The molecule has 0 unspecified atom stereocenters. The van der Waals surface area contributed by atoms with Gasteiger partial charge in [0.2, 0.25) is 4.77 Å². The molecule has 3 aromatic rings. The van der Waals surface area contributed by atoms with Crippen molar-refractivity contribution in [3.63, 3.8) is 0 Å². The van der Waals surface area contributed by atoms with Crippen molar-refractivity contribution in [1.29, 1.82) is 0 Å². The molecule has 2 aromatic carbocycles. The van der Waals surface area contributed by atoms with E-state index >= 15 is 0 Å². The van der Waals surface area contributed by atoms with Crippen LogP contribution in [0.4, 0.5) is 0 Å². The van der Waals surface area contributed by atoms with E-state index in [9.17, 15) is 0 Å². The second-order valence-electron chi connectivity index (χ2n) is 6.90. The third-order valence-corrected chi connectivity index (χ3v) is 5.71. The number of halogens is 1. The highest BCUT2D eigenvalue weighted by molar-refractivity contribution is 9.10. The zero-order valence-electron chi connectivity index (χ0n) is 17.5. The third kappa shape index (κ3) is 5.43. The summed E-state index contributed by atoms with van der Waals surface area (Å²) in [5.74, 6) is 2.32. The number of aromatic nitrogens is 3. The van der Waals surface area contributed by atoms with Crippen LogP contribution in [0.2, 0.25) is 0 Å². The lowest BCUT2D eigenvalue weighted by molar-refractivity contribution is 0.268. The smallest absolute Gasteiger partial charge is 0.214 e. The summed E-state index contributed by atoms with van der Waals surface area (Å²) in [4.78, 5) is 0. The number of rotatable bonds is 10. The molecule has 0 aliphatic rings. The van der Waals surface area contributed by atoms with Gasteiger partial charge in [0, 0.05) is 10.9 Å². The summed E-state index contributed by atoms with van der Waals surface area (Å²) in [7, 11) is 0. The number of nitrogens with one attached hydrogen (secondary N) is 2. The predicted molar refractivity (Wildman–Crippen MR) is 125 cm³/mol. The SMILES string of the molecule is CCCc1n[nH]c(=S)n1NCc1cc(OCC)c(OCc2ccccc2C)cc1Br. The largest absolute Gasteiger partial charge is 0.490 e. The molecule has 0 bridgehead atoms. The number of hydrogen-bond acceptors (Lipinski definition) is 5. The fourth-order valence-electron chi connectivity index (χ4n) is 3.07. The number of aromatic amines is 1. The maximum atomic E-state index is 6.10. The first-order valence-electron chi connectivity index (χ1n) is 10.1. The lowest BCUT2D eigenvalue weighted by Crippen LogP contribution is -2.18. The Labute approximate surface area is 190 Å². The first-order chi connectivity index (χ1) is 14.5. The highest BCUT2D eigenvalue weighted by Gasteiger charge is 2.13. The van der Waals surface area contributed by atoms with Crippen molar-refractivity contribution in [2.24, 2.45) is 0 Å². The Bertz CT molecular complexity index is 1050. The Hall–Kier alpha value is -2.32. The van der Waals surface area contributed by atoms with Crippen molar-refractivity contribution in [1.82, 2.24) is 14.9 Å². The normalized spacial score (nSPS) is 10.8. The first kappa shape index (κ1) is 22.4. The minimum Gasteiger partial charge on any atom is -0.490 e. The van der Waals surface area contributed by atoms with Crippen molar-refractivity contribution in [3.8, 4) is 11.5 Å². The molecule has 0 saturated heterocycles. The minimum atomic E-state index is 0.487. The second kappa shape index (κ2) is 10.6. The molecule has 0 aliphatic heterocycles. The predicted octanol–water partition coefficient (Wildman–Crippen LogP) is 5.69. The molecule has 0 amide bonds. The number of ether oxygens (including phenoxy) is 2. The van der Waals surface area contributed by atoms with Gasteiger partial charge >= 0.3 is 0 Å². The Balaban J connectivity index is 1.78. The van der Waals surface area contributed by atoms with E-state index in [1.165, 1.54) is 5.56 Å². The minimum absolute atomic E-state index is 0.487. The molecule has 0 radical (unpaired) electrons. The molecule has 0 spiro atoms. The van der Waals surface area contributed by atoms with Gasteiger partial charge in [-0.1, -0.05) is 47.1 Å². The molecule has 1 aromatic heterocycles. The quantitative estimate of drug-likeness (QED) is 0.357. The van der Waals surface area contributed by atoms with Gasteiger partial charge in [-0.3, -0.25) is 5.10 Å². The van der Waals surface area contributed by atoms with Crippen LogP contribution in [0.3, 0.4) is 0 Å². The van der Waals surface area contributed by atoms with Gasteiger partial charge in [0.05, 0.1) is 13.2 Å². The van der Waals surface area contributed by atoms with Gasteiger partial charge in [-0.2, -0.15) is 5.10 Å². The highest BCUT2D eigenvalue weighted by Crippen LogP contribution is 2.34. The fourth-order valence-corrected chi connectivity index (χ4v) is 3.75. The summed E-state index contributed by atoms with van der Waals surface area (Å²) >= 11 is 9.01. The fraction of sp³-hybridized carbons (Fsp3) is 0.364. The molecule has 0 aliphatic carbocycles. The van der Waals surface area contributed by atoms with Gasteiger partial charge in [-0.15, -0.1) is 0 Å². The number of nitrogens with zero attached hydrogens (tertiary/aromatic N) is 2. The second-order valence-corrected chi connectivity index (χ2v) is 8.14. The van der Waals surface area contributed by atoms with E-state index in [2.05, 4.69) is 57.5 Å². The number of hydrogen-bond donors (Lipinski definition) is 2. The van der Waals surface area contributed by atoms with Gasteiger partial charge in [0.1, 0.15) is 6.61 Å². The Morgan fingerprint density at radius 1 is 1.13 bits per heavy atom. The van der Waals surface area contributed by atoms with Crippen LogP contribution in [0.25, 0.3) is 0 Å². The van der Waals surface area contributed by atoms with E-state index in [0.717, 1.165) is 40.0 Å². The van der Waals surface area contributed by atoms with Gasteiger partial charge in [0.25, 0.3) is 0 Å². The number of benzene rings is 2. The summed E-state index contributed by atoms with van der Waals surface area (Å²) in [6.45, 7) is 7.77. The summed E-state index contributed by atoms with van der Waals surface area (Å²) in [5.41, 5.74) is 6.74. The maximum absolute atomic E-state index is 6.10. The number of aryl methyl sites for hydroxylation is 2. The molecule has 8 heteroatoms. The molecule has 0 saturated carbocycles. The first-order valence-corrected chi connectivity index (χ1v) is 11.3. The zero-order valence-corrected chi connectivity index (χ0v) is 19.9. The van der Waals surface area contributed by atoms with Crippen LogP contribution in [0, 0.1) is 11.7 Å². The van der Waals surface area contributed by atoms with Crippen LogP contribution >= 0.6 is 28.1 Å². The van der Waals surface area contributed by atoms with Crippen LogP contribution in [0.5, 0.6) is 11.5 Å². The molecule has 0 atom stereocenters. The Morgan fingerprint density at radius 3 is 2.63 bits per heavy atom. The van der Waals surface area contributed by atoms with Crippen molar-refractivity contribution >= 4 is 28.1 Å². The summed E-state index contributed by atoms with van der Waals surface area (Å²) < 4.78 is 15.3. The van der Waals surface area contributed by atoms with E-state index < -0.39 is 0 Å². The standard InChI is InChI=1S/C22H27BrN4O2S/c1-4-8-21-25-26-22(30)27(21)24-13-17-11-19(28-5-2)20(12-18(17)23)29-14-16-10-7-6-9-15(16)3/h6-7,9-12,24H,4-5,8,13-14H2,1-3H3,(H,26,30). The Kier molecular flexibility index (Phi) is 7.93. The molecule has 2 N–H and O–H groups in total. The topological polar surface area (TPSA) is 64.1 Å². The molecule has 160 valence electrons. The van der Waals surface area contributed by atoms with Crippen LogP contribution in [0.15, 0.2) is 40.9 Å². The molecule has 3 rings (SSSR count). The summed E-state index contributed by atoms with van der Waals surface area (Å²) in [5, 5.41) is 7.14. The lowest BCUT2D eigenvalue weighted by atomic mass is 10.1. The van der Waals surface area contributed by atoms with Gasteiger partial charge in [-0.25, -0.2) is 4.68 Å². The number of H-pyrrole nitrogens is 1. The van der Waals surface area contributed by atoms with E-state index in [1.807, 2.05) is 35.9 Å². The molecule has 1 heterocycles. The van der Waals surface area contributed by atoms with Crippen LogP contribution < -0.4 is 14.9 Å². The van der Waals surface area contributed by atoms with Crippen molar-refractivity contribution < 1.29 is 9.47 Å². The zero-order chi connectivity index (χ0) is 21.5. The van der Waals surface area contributed by atoms with E-state index in [-0.39, 0.29) is 0 Å². The molecule has 6 nitrogen and oxygen atoms in total. The molecular weight excluding hydrogens is 464 g/mol. The summed E-state index contributed by atoms with van der Waals surface area (Å²) in [6.07, 6.45) is 1.84. The average molecular weight is 491 g/mol. The molecular formula is C22H27BrN4O2S. The van der Waals surface area contributed by atoms with Crippen molar-refractivity contribution in [3.05, 3.63) is 68.2 Å². The van der Waals surface area contributed by atoms with Crippen LogP contribution in [-0.4, -0.2) is 21.5 Å². The highest BCUT2D eigenvalue weighted by atomic mass is 79.9. The van der Waals surface area contributed by atoms with E-state index in [4.69, 9.17) is 21.7 Å². The lowest BCUT2D eigenvalue weighted by Gasteiger charge is -2.17. The maximum Gasteiger partial charge on any atom is 0.214 e. The monoisotopic (exact) mass is 490 g/mol. The van der Waals surface area contributed by atoms with Crippen LogP contribution in [-0.2, 0) is 19.6 Å². The third-order valence-electron chi connectivity index (χ3n) is 4.70. The van der Waals surface area contributed by atoms with Crippen LogP contribution in [0.1, 0.15) is 42.8 Å². The van der Waals surface area contributed by atoms with Crippen molar-refractivity contribution in [2.45, 2.75) is 46.8 Å². The molecule has 0 fully saturated rings. The Morgan fingerprint density at radius 2 is 1.90 bits per heavy atom. The van der Waals surface area contributed by atoms with Gasteiger partial charge < -0.3 is 14.9 Å². The molecule has 30 heavy (non-hydrogen) atoms. The van der Waals surface area contributed by atoms with Gasteiger partial charge in [-0.05, 0) is 61.3 Å². The summed E-state index contributed by atoms with van der Waals surface area (Å²) in [6, 6.07) is 12.2. The van der Waals surface area contributed by atoms with E-state index in [1.54, 1.807) is 0 Å².